The van der Waals surface area contributed by atoms with Gasteiger partial charge in [0.25, 0.3) is 0 Å². The van der Waals surface area contributed by atoms with E-state index in [1.54, 1.807) is 0 Å². The van der Waals surface area contributed by atoms with Gasteiger partial charge in [0.15, 0.2) is 0 Å². The van der Waals surface area contributed by atoms with Crippen molar-refractivity contribution in [1.82, 2.24) is 0 Å². The molecule has 1 aliphatic carbocycles. The highest BCUT2D eigenvalue weighted by molar-refractivity contribution is 4.93. The Morgan fingerprint density at radius 2 is 2.15 bits per heavy atom. The van der Waals surface area contributed by atoms with Crippen molar-refractivity contribution >= 4 is 0 Å². The summed E-state index contributed by atoms with van der Waals surface area (Å²) in [4.78, 5) is 0. The van der Waals surface area contributed by atoms with Crippen LogP contribution >= 0.6 is 0 Å². The normalized spacial score (nSPS) is 40.6. The van der Waals surface area contributed by atoms with E-state index in [0.717, 1.165) is 18.9 Å². The Balaban J connectivity index is 2.70. The van der Waals surface area contributed by atoms with Crippen molar-refractivity contribution in [3.8, 4) is 0 Å². The van der Waals surface area contributed by atoms with Crippen LogP contribution in [0.2, 0.25) is 0 Å². The smallest absolute Gasteiger partial charge is 0.0831 e. The SMILES string of the molecule is CCOC1(CN)CCCC(C)C1C. The Morgan fingerprint density at radius 3 is 2.69 bits per heavy atom. The van der Waals surface area contributed by atoms with Gasteiger partial charge in [0.2, 0.25) is 0 Å². The van der Waals surface area contributed by atoms with Gasteiger partial charge in [-0.15, -0.1) is 0 Å². The number of hydrogen-bond acceptors (Lipinski definition) is 2. The van der Waals surface area contributed by atoms with E-state index in [4.69, 9.17) is 10.5 Å². The molecule has 13 heavy (non-hydrogen) atoms. The van der Waals surface area contributed by atoms with Crippen LogP contribution in [0.4, 0.5) is 0 Å². The van der Waals surface area contributed by atoms with Gasteiger partial charge in [0, 0.05) is 13.2 Å². The van der Waals surface area contributed by atoms with E-state index in [-0.39, 0.29) is 5.60 Å². The molecule has 2 heteroatoms. The van der Waals surface area contributed by atoms with Crippen molar-refractivity contribution < 1.29 is 4.74 Å². The summed E-state index contributed by atoms with van der Waals surface area (Å²) in [5.41, 5.74) is 5.83. The second kappa shape index (κ2) is 4.43. The lowest BCUT2D eigenvalue weighted by Gasteiger charge is -2.44. The van der Waals surface area contributed by atoms with E-state index < -0.39 is 0 Å². The average Bonchev–Trinajstić information content (AvgIpc) is 2.13. The molecule has 2 nitrogen and oxygen atoms in total. The summed E-state index contributed by atoms with van der Waals surface area (Å²) in [6, 6.07) is 0. The summed E-state index contributed by atoms with van der Waals surface area (Å²) in [5, 5.41) is 0. The van der Waals surface area contributed by atoms with E-state index in [1.807, 2.05) is 0 Å². The second-order valence-electron chi connectivity index (χ2n) is 4.36. The van der Waals surface area contributed by atoms with Gasteiger partial charge in [0.05, 0.1) is 5.60 Å². The van der Waals surface area contributed by atoms with Crippen molar-refractivity contribution in [1.29, 1.82) is 0 Å². The largest absolute Gasteiger partial charge is 0.374 e. The summed E-state index contributed by atoms with van der Waals surface area (Å²) in [5.74, 6) is 1.36. The molecule has 1 aliphatic rings. The second-order valence-corrected chi connectivity index (χ2v) is 4.36. The van der Waals surface area contributed by atoms with Crippen LogP contribution in [0.15, 0.2) is 0 Å². The molecule has 1 rings (SSSR count). The molecule has 0 aromatic heterocycles. The summed E-state index contributed by atoms with van der Waals surface area (Å²) in [6.45, 7) is 8.11. The van der Waals surface area contributed by atoms with Crippen LogP contribution in [0.3, 0.4) is 0 Å². The van der Waals surface area contributed by atoms with Gasteiger partial charge in [-0.2, -0.15) is 0 Å². The minimum Gasteiger partial charge on any atom is -0.374 e. The van der Waals surface area contributed by atoms with Crippen molar-refractivity contribution in [2.24, 2.45) is 17.6 Å². The molecule has 0 saturated heterocycles. The van der Waals surface area contributed by atoms with Crippen molar-refractivity contribution in [2.45, 2.75) is 45.6 Å². The van der Waals surface area contributed by atoms with Gasteiger partial charge in [-0.1, -0.05) is 26.7 Å². The molecule has 1 fully saturated rings. The van der Waals surface area contributed by atoms with Crippen LogP contribution in [-0.4, -0.2) is 18.8 Å². The molecule has 0 spiro atoms. The maximum atomic E-state index is 5.88. The first-order valence-electron chi connectivity index (χ1n) is 5.50. The predicted molar refractivity (Wildman–Crippen MR) is 55.6 cm³/mol. The number of nitrogens with two attached hydrogens (primary N) is 1. The highest BCUT2D eigenvalue weighted by Crippen LogP contribution is 2.39. The minimum atomic E-state index is -0.0214. The molecule has 78 valence electrons. The number of rotatable bonds is 3. The summed E-state index contributed by atoms with van der Waals surface area (Å²) in [7, 11) is 0. The van der Waals surface area contributed by atoms with Crippen LogP contribution in [0.1, 0.15) is 40.0 Å². The van der Waals surface area contributed by atoms with Crippen LogP contribution in [0.5, 0.6) is 0 Å². The van der Waals surface area contributed by atoms with E-state index in [0.29, 0.717) is 12.5 Å². The fraction of sp³-hybridized carbons (Fsp3) is 1.00. The predicted octanol–water partition coefficient (Wildman–Crippen LogP) is 2.18. The summed E-state index contributed by atoms with van der Waals surface area (Å²) in [6.07, 6.45) is 3.74. The van der Waals surface area contributed by atoms with E-state index in [2.05, 4.69) is 20.8 Å². The molecule has 0 amide bonds. The van der Waals surface area contributed by atoms with Gasteiger partial charge < -0.3 is 10.5 Å². The zero-order valence-corrected chi connectivity index (χ0v) is 9.18. The Kier molecular flexibility index (Phi) is 3.74. The third kappa shape index (κ3) is 2.05. The molecule has 1 saturated carbocycles. The van der Waals surface area contributed by atoms with Gasteiger partial charge >= 0.3 is 0 Å². The Hall–Kier alpha value is -0.0800. The summed E-state index contributed by atoms with van der Waals surface area (Å²) >= 11 is 0. The van der Waals surface area contributed by atoms with Gasteiger partial charge in [0.1, 0.15) is 0 Å². The van der Waals surface area contributed by atoms with Gasteiger partial charge in [-0.05, 0) is 25.2 Å². The molecule has 0 radical (unpaired) electrons. The Bertz CT molecular complexity index is 156. The number of ether oxygens (including phenoxy) is 1. The highest BCUT2D eigenvalue weighted by atomic mass is 16.5. The van der Waals surface area contributed by atoms with E-state index in [1.165, 1.54) is 12.8 Å². The quantitative estimate of drug-likeness (QED) is 0.731. The average molecular weight is 185 g/mol. The topological polar surface area (TPSA) is 35.2 Å². The molecular formula is C11H23NO. The molecule has 0 aromatic carbocycles. The third-order valence-corrected chi connectivity index (χ3v) is 3.72. The zero-order chi connectivity index (χ0) is 9.90. The van der Waals surface area contributed by atoms with E-state index >= 15 is 0 Å². The Labute approximate surface area is 81.8 Å². The van der Waals surface area contributed by atoms with Crippen molar-refractivity contribution in [2.75, 3.05) is 13.2 Å². The molecule has 0 aliphatic heterocycles. The number of hydrogen-bond donors (Lipinski definition) is 1. The Morgan fingerprint density at radius 1 is 1.46 bits per heavy atom. The molecule has 0 bridgehead atoms. The lowest BCUT2D eigenvalue weighted by atomic mass is 9.70. The third-order valence-electron chi connectivity index (χ3n) is 3.72. The van der Waals surface area contributed by atoms with E-state index in [9.17, 15) is 0 Å². The standard InChI is InChI=1S/C11H23NO/c1-4-13-11(8-12)7-5-6-9(2)10(11)3/h9-10H,4-8,12H2,1-3H3. The molecular weight excluding hydrogens is 162 g/mol. The molecule has 0 heterocycles. The molecule has 3 unspecified atom stereocenters. The molecule has 0 aromatic rings. The van der Waals surface area contributed by atoms with Crippen LogP contribution < -0.4 is 5.73 Å². The lowest BCUT2D eigenvalue weighted by molar-refractivity contribution is -0.107. The first kappa shape index (κ1) is 11.0. The van der Waals surface area contributed by atoms with Crippen molar-refractivity contribution in [3.05, 3.63) is 0 Å². The maximum absolute atomic E-state index is 5.88. The van der Waals surface area contributed by atoms with Crippen LogP contribution in [-0.2, 0) is 4.74 Å². The van der Waals surface area contributed by atoms with Crippen LogP contribution in [0.25, 0.3) is 0 Å². The van der Waals surface area contributed by atoms with Crippen molar-refractivity contribution in [3.63, 3.8) is 0 Å². The van der Waals surface area contributed by atoms with Crippen LogP contribution in [0, 0.1) is 11.8 Å². The fourth-order valence-electron chi connectivity index (χ4n) is 2.56. The maximum Gasteiger partial charge on any atom is 0.0831 e. The highest BCUT2D eigenvalue weighted by Gasteiger charge is 2.40. The molecule has 2 N–H and O–H groups in total. The fourth-order valence-corrected chi connectivity index (χ4v) is 2.56. The first-order chi connectivity index (χ1) is 6.16. The van der Waals surface area contributed by atoms with Gasteiger partial charge in [-0.3, -0.25) is 0 Å². The minimum absolute atomic E-state index is 0.0214. The summed E-state index contributed by atoms with van der Waals surface area (Å²) < 4.78 is 5.88. The first-order valence-corrected chi connectivity index (χ1v) is 5.50. The lowest BCUT2D eigenvalue weighted by Crippen LogP contribution is -2.51. The molecule has 3 atom stereocenters. The monoisotopic (exact) mass is 185 g/mol. The van der Waals surface area contributed by atoms with Gasteiger partial charge in [-0.25, -0.2) is 0 Å². The zero-order valence-electron chi connectivity index (χ0n) is 9.18.